The molecular formula is C15H24N2. The monoisotopic (exact) mass is 232 g/mol. The van der Waals surface area contributed by atoms with Crippen molar-refractivity contribution in [2.75, 3.05) is 17.7 Å². The minimum atomic E-state index is 0.709. The quantitative estimate of drug-likeness (QED) is 0.622. The van der Waals surface area contributed by atoms with Gasteiger partial charge < -0.3 is 10.6 Å². The minimum absolute atomic E-state index is 0.709. The summed E-state index contributed by atoms with van der Waals surface area (Å²) in [6.45, 7) is 2.08. The predicted molar refractivity (Wildman–Crippen MR) is 75.5 cm³/mol. The van der Waals surface area contributed by atoms with Crippen molar-refractivity contribution in [1.82, 2.24) is 0 Å². The zero-order valence-corrected chi connectivity index (χ0v) is 11.1. The number of nitrogens with two attached hydrogens (primary N) is 1. The Hall–Kier alpha value is -1.18. The molecule has 1 aromatic carbocycles. The van der Waals surface area contributed by atoms with Crippen LogP contribution in [0.5, 0.6) is 0 Å². The lowest BCUT2D eigenvalue weighted by Gasteiger charge is -2.29. The van der Waals surface area contributed by atoms with Crippen molar-refractivity contribution in [3.8, 4) is 0 Å². The number of anilines is 2. The molecule has 0 atom stereocenters. The number of nitrogens with zero attached hydrogens (tertiary/aromatic N) is 1. The second kappa shape index (κ2) is 5.44. The van der Waals surface area contributed by atoms with E-state index in [4.69, 9.17) is 5.73 Å². The molecule has 2 N–H and O–H groups in total. The van der Waals surface area contributed by atoms with Crippen LogP contribution in [0.1, 0.15) is 44.1 Å². The van der Waals surface area contributed by atoms with Gasteiger partial charge in [0.05, 0.1) is 0 Å². The number of benzene rings is 1. The third-order valence-corrected chi connectivity index (χ3v) is 4.03. The molecule has 0 saturated heterocycles. The van der Waals surface area contributed by atoms with Gasteiger partial charge >= 0.3 is 0 Å². The maximum Gasteiger partial charge on any atom is 0.0370 e. The molecule has 17 heavy (non-hydrogen) atoms. The van der Waals surface area contributed by atoms with Gasteiger partial charge in [-0.15, -0.1) is 0 Å². The molecule has 1 fully saturated rings. The van der Waals surface area contributed by atoms with E-state index in [0.717, 1.165) is 5.69 Å². The van der Waals surface area contributed by atoms with Gasteiger partial charge in [0, 0.05) is 24.5 Å². The van der Waals surface area contributed by atoms with Crippen LogP contribution in [0.25, 0.3) is 0 Å². The SMILES string of the molecule is Cc1cc(N(C)C2CCCCCC2)ccc1N. The van der Waals surface area contributed by atoms with Gasteiger partial charge in [0.2, 0.25) is 0 Å². The summed E-state index contributed by atoms with van der Waals surface area (Å²) in [4.78, 5) is 2.44. The van der Waals surface area contributed by atoms with Gasteiger partial charge in [-0.1, -0.05) is 25.7 Å². The Balaban J connectivity index is 2.11. The van der Waals surface area contributed by atoms with Crippen molar-refractivity contribution < 1.29 is 0 Å². The first-order valence-corrected chi connectivity index (χ1v) is 6.77. The molecule has 0 radical (unpaired) electrons. The number of hydrogen-bond acceptors (Lipinski definition) is 2. The van der Waals surface area contributed by atoms with Crippen LogP contribution in [0, 0.1) is 6.92 Å². The van der Waals surface area contributed by atoms with Crippen molar-refractivity contribution in [1.29, 1.82) is 0 Å². The molecule has 1 aromatic rings. The molecule has 2 heteroatoms. The molecule has 0 aromatic heterocycles. The first-order valence-electron chi connectivity index (χ1n) is 6.77. The third-order valence-electron chi connectivity index (χ3n) is 4.03. The Morgan fingerprint density at radius 3 is 2.35 bits per heavy atom. The lowest BCUT2D eigenvalue weighted by atomic mass is 10.1. The molecule has 0 spiro atoms. The maximum atomic E-state index is 5.87. The highest BCUT2D eigenvalue weighted by Gasteiger charge is 2.17. The number of hydrogen-bond donors (Lipinski definition) is 1. The zero-order chi connectivity index (χ0) is 12.3. The second-order valence-corrected chi connectivity index (χ2v) is 5.30. The van der Waals surface area contributed by atoms with E-state index < -0.39 is 0 Å². The van der Waals surface area contributed by atoms with Gasteiger partial charge in [-0.2, -0.15) is 0 Å². The van der Waals surface area contributed by atoms with E-state index >= 15 is 0 Å². The molecule has 0 bridgehead atoms. The summed E-state index contributed by atoms with van der Waals surface area (Å²) in [7, 11) is 2.22. The second-order valence-electron chi connectivity index (χ2n) is 5.30. The minimum Gasteiger partial charge on any atom is -0.399 e. The Morgan fingerprint density at radius 1 is 1.12 bits per heavy atom. The van der Waals surface area contributed by atoms with Crippen LogP contribution in [0.15, 0.2) is 18.2 Å². The topological polar surface area (TPSA) is 29.3 Å². The summed E-state index contributed by atoms with van der Waals surface area (Å²) in [5.74, 6) is 0. The first-order chi connectivity index (χ1) is 8.18. The van der Waals surface area contributed by atoms with E-state index in [1.54, 1.807) is 0 Å². The number of rotatable bonds is 2. The largest absolute Gasteiger partial charge is 0.399 e. The summed E-state index contributed by atoms with van der Waals surface area (Å²) < 4.78 is 0. The molecule has 2 rings (SSSR count). The van der Waals surface area contributed by atoms with E-state index in [1.165, 1.54) is 49.8 Å². The molecular weight excluding hydrogens is 208 g/mol. The molecule has 2 nitrogen and oxygen atoms in total. The van der Waals surface area contributed by atoms with Crippen LogP contribution in [0.2, 0.25) is 0 Å². The van der Waals surface area contributed by atoms with Crippen LogP contribution < -0.4 is 10.6 Å². The Bertz CT molecular complexity index is 365. The Kier molecular flexibility index (Phi) is 3.93. The van der Waals surface area contributed by atoms with Gasteiger partial charge in [-0.3, -0.25) is 0 Å². The fourth-order valence-corrected chi connectivity index (χ4v) is 2.74. The number of nitrogen functional groups attached to an aromatic ring is 1. The maximum absolute atomic E-state index is 5.87. The van der Waals surface area contributed by atoms with Crippen LogP contribution in [0.4, 0.5) is 11.4 Å². The van der Waals surface area contributed by atoms with E-state index in [0.29, 0.717) is 6.04 Å². The van der Waals surface area contributed by atoms with Crippen LogP contribution in [0.3, 0.4) is 0 Å². The van der Waals surface area contributed by atoms with Gasteiger partial charge in [0.15, 0.2) is 0 Å². The van der Waals surface area contributed by atoms with Crippen molar-refractivity contribution >= 4 is 11.4 Å². The van der Waals surface area contributed by atoms with E-state index in [2.05, 4.69) is 31.0 Å². The van der Waals surface area contributed by atoms with Crippen LogP contribution in [-0.2, 0) is 0 Å². The molecule has 1 saturated carbocycles. The standard InChI is InChI=1S/C15H24N2/c1-12-11-14(9-10-15(12)16)17(2)13-7-5-3-4-6-8-13/h9-11,13H,3-8,16H2,1-2H3. The lowest BCUT2D eigenvalue weighted by molar-refractivity contribution is 0.553. The third kappa shape index (κ3) is 2.93. The van der Waals surface area contributed by atoms with E-state index in [-0.39, 0.29) is 0 Å². The molecule has 0 heterocycles. The Morgan fingerprint density at radius 2 is 1.76 bits per heavy atom. The summed E-state index contributed by atoms with van der Waals surface area (Å²) in [6.07, 6.45) is 8.24. The zero-order valence-electron chi connectivity index (χ0n) is 11.1. The summed E-state index contributed by atoms with van der Waals surface area (Å²) in [5, 5.41) is 0. The molecule has 1 aliphatic carbocycles. The average molecular weight is 232 g/mol. The number of aryl methyl sites for hydroxylation is 1. The Labute approximate surface area is 105 Å². The summed E-state index contributed by atoms with van der Waals surface area (Å²) in [6, 6.07) is 7.09. The van der Waals surface area contributed by atoms with Crippen LogP contribution in [-0.4, -0.2) is 13.1 Å². The van der Waals surface area contributed by atoms with Crippen LogP contribution >= 0.6 is 0 Å². The van der Waals surface area contributed by atoms with Gasteiger partial charge in [0.1, 0.15) is 0 Å². The van der Waals surface area contributed by atoms with Crippen molar-refractivity contribution in [3.05, 3.63) is 23.8 Å². The highest BCUT2D eigenvalue weighted by molar-refractivity contribution is 5.58. The van der Waals surface area contributed by atoms with E-state index in [9.17, 15) is 0 Å². The summed E-state index contributed by atoms with van der Waals surface area (Å²) >= 11 is 0. The van der Waals surface area contributed by atoms with Crippen molar-refractivity contribution in [3.63, 3.8) is 0 Å². The van der Waals surface area contributed by atoms with Gasteiger partial charge in [0.25, 0.3) is 0 Å². The lowest BCUT2D eigenvalue weighted by Crippen LogP contribution is -2.31. The first kappa shape index (κ1) is 12.3. The van der Waals surface area contributed by atoms with Crippen molar-refractivity contribution in [2.45, 2.75) is 51.5 Å². The van der Waals surface area contributed by atoms with Crippen molar-refractivity contribution in [2.24, 2.45) is 0 Å². The molecule has 1 aliphatic rings. The predicted octanol–water partition coefficient (Wildman–Crippen LogP) is 3.74. The smallest absolute Gasteiger partial charge is 0.0370 e. The van der Waals surface area contributed by atoms with Gasteiger partial charge in [-0.05, 0) is 43.5 Å². The van der Waals surface area contributed by atoms with Gasteiger partial charge in [-0.25, -0.2) is 0 Å². The summed E-state index contributed by atoms with van der Waals surface area (Å²) in [5.41, 5.74) is 9.26. The molecule has 0 amide bonds. The molecule has 0 aliphatic heterocycles. The normalized spacial score (nSPS) is 17.8. The molecule has 94 valence electrons. The van der Waals surface area contributed by atoms with E-state index in [1.807, 2.05) is 6.07 Å². The fraction of sp³-hybridized carbons (Fsp3) is 0.600. The highest BCUT2D eigenvalue weighted by Crippen LogP contribution is 2.27. The fourth-order valence-electron chi connectivity index (χ4n) is 2.74. The molecule has 0 unspecified atom stereocenters. The average Bonchev–Trinajstić information content (AvgIpc) is 2.60. The highest BCUT2D eigenvalue weighted by atomic mass is 15.1.